The molecule has 0 amide bonds. The molecule has 1 aliphatic rings. The van der Waals surface area contributed by atoms with Crippen LogP contribution in [0, 0.1) is 0 Å². The second-order valence-corrected chi connectivity index (χ2v) is 4.63. The van der Waals surface area contributed by atoms with E-state index in [9.17, 15) is 0 Å². The van der Waals surface area contributed by atoms with Crippen molar-refractivity contribution in [2.45, 2.75) is 32.3 Å². The molecule has 1 aromatic carbocycles. The van der Waals surface area contributed by atoms with Gasteiger partial charge in [0.25, 0.3) is 0 Å². The van der Waals surface area contributed by atoms with E-state index in [0.29, 0.717) is 0 Å². The van der Waals surface area contributed by atoms with Crippen molar-refractivity contribution >= 4 is 0 Å². The Balaban J connectivity index is 1.83. The van der Waals surface area contributed by atoms with Crippen molar-refractivity contribution in [2.75, 3.05) is 19.6 Å². The van der Waals surface area contributed by atoms with Gasteiger partial charge in [-0.3, -0.25) is 0 Å². The van der Waals surface area contributed by atoms with Gasteiger partial charge in [0.2, 0.25) is 0 Å². The Morgan fingerprint density at radius 1 is 1.06 bits per heavy atom. The highest BCUT2D eigenvalue weighted by Crippen LogP contribution is 2.11. The lowest BCUT2D eigenvalue weighted by atomic mass is 10.1. The first-order chi connectivity index (χ1) is 7.88. The molecule has 2 nitrogen and oxygen atoms in total. The fourth-order valence-corrected chi connectivity index (χ4v) is 2.35. The molecule has 1 fully saturated rings. The zero-order valence-corrected chi connectivity index (χ0v) is 9.86. The van der Waals surface area contributed by atoms with Crippen LogP contribution in [-0.4, -0.2) is 29.6 Å². The maximum atomic E-state index is 9.07. The quantitative estimate of drug-likeness (QED) is 0.839. The molecular formula is C14H21NO. The van der Waals surface area contributed by atoms with E-state index in [2.05, 4.69) is 17.0 Å². The van der Waals surface area contributed by atoms with Gasteiger partial charge in [-0.15, -0.1) is 0 Å². The van der Waals surface area contributed by atoms with E-state index in [1.807, 2.05) is 12.1 Å². The first-order valence-electron chi connectivity index (χ1n) is 6.29. The summed E-state index contributed by atoms with van der Waals surface area (Å²) in [4.78, 5) is 2.55. The van der Waals surface area contributed by atoms with E-state index >= 15 is 0 Å². The number of rotatable bonds is 4. The van der Waals surface area contributed by atoms with Crippen LogP contribution in [0.5, 0.6) is 0 Å². The summed E-state index contributed by atoms with van der Waals surface area (Å²) in [5, 5.41) is 9.07. The van der Waals surface area contributed by atoms with Gasteiger partial charge >= 0.3 is 0 Å². The predicted molar refractivity (Wildman–Crippen MR) is 66.4 cm³/mol. The summed E-state index contributed by atoms with van der Waals surface area (Å²) < 4.78 is 0. The number of likely N-dealkylation sites (tertiary alicyclic amines) is 1. The molecule has 88 valence electrons. The van der Waals surface area contributed by atoms with Gasteiger partial charge in [-0.05, 0) is 43.5 Å². The Hall–Kier alpha value is -0.860. The Kier molecular flexibility index (Phi) is 4.37. The average Bonchev–Trinajstić information content (AvgIpc) is 2.38. The van der Waals surface area contributed by atoms with Gasteiger partial charge < -0.3 is 10.0 Å². The van der Waals surface area contributed by atoms with Gasteiger partial charge in [0.15, 0.2) is 0 Å². The summed E-state index contributed by atoms with van der Waals surface area (Å²) >= 11 is 0. The molecule has 0 aromatic heterocycles. The van der Waals surface area contributed by atoms with E-state index in [4.69, 9.17) is 5.11 Å². The van der Waals surface area contributed by atoms with Crippen molar-refractivity contribution in [3.63, 3.8) is 0 Å². The maximum Gasteiger partial charge on any atom is 0.0681 e. The number of aliphatic hydroxyl groups excluding tert-OH is 1. The lowest BCUT2D eigenvalue weighted by Gasteiger charge is -2.26. The molecule has 1 aliphatic heterocycles. The molecule has 1 saturated heterocycles. The second-order valence-electron chi connectivity index (χ2n) is 4.63. The normalized spacial score (nSPS) is 17.6. The molecule has 1 N–H and O–H groups in total. The lowest BCUT2D eigenvalue weighted by molar-refractivity contribution is 0.231. The molecule has 2 heteroatoms. The molecule has 1 heterocycles. The summed E-state index contributed by atoms with van der Waals surface area (Å²) in [5.74, 6) is 0. The van der Waals surface area contributed by atoms with Crippen LogP contribution in [0.2, 0.25) is 0 Å². The fraction of sp³-hybridized carbons (Fsp3) is 0.571. The summed E-state index contributed by atoms with van der Waals surface area (Å²) in [5.41, 5.74) is 2.37. The Bertz CT molecular complexity index is 318. The summed E-state index contributed by atoms with van der Waals surface area (Å²) in [6.45, 7) is 3.84. The first-order valence-corrected chi connectivity index (χ1v) is 6.29. The van der Waals surface area contributed by atoms with E-state index in [0.717, 1.165) is 18.5 Å². The number of piperidine rings is 1. The summed E-state index contributed by atoms with van der Waals surface area (Å²) in [6, 6.07) is 8.29. The van der Waals surface area contributed by atoms with Gasteiger partial charge in [-0.1, -0.05) is 30.7 Å². The lowest BCUT2D eigenvalue weighted by Crippen LogP contribution is -2.31. The standard InChI is InChI=1S/C14H21NO/c16-12-14-6-4-5-13(11-14)7-10-15-8-2-1-3-9-15/h4-6,11,16H,1-3,7-10,12H2. The smallest absolute Gasteiger partial charge is 0.0681 e. The number of aliphatic hydroxyl groups is 1. The highest BCUT2D eigenvalue weighted by molar-refractivity contribution is 5.23. The minimum atomic E-state index is 0.150. The first kappa shape index (κ1) is 11.6. The zero-order chi connectivity index (χ0) is 11.2. The Morgan fingerprint density at radius 2 is 1.81 bits per heavy atom. The van der Waals surface area contributed by atoms with Gasteiger partial charge in [-0.25, -0.2) is 0 Å². The van der Waals surface area contributed by atoms with Gasteiger partial charge in [0, 0.05) is 6.54 Å². The van der Waals surface area contributed by atoms with Crippen LogP contribution in [0.15, 0.2) is 24.3 Å². The highest BCUT2D eigenvalue weighted by Gasteiger charge is 2.09. The van der Waals surface area contributed by atoms with E-state index in [1.54, 1.807) is 0 Å². The van der Waals surface area contributed by atoms with Crippen molar-refractivity contribution in [3.8, 4) is 0 Å². The van der Waals surface area contributed by atoms with Gasteiger partial charge in [0.05, 0.1) is 6.61 Å². The third kappa shape index (κ3) is 3.32. The molecule has 0 atom stereocenters. The highest BCUT2D eigenvalue weighted by atomic mass is 16.3. The number of hydrogen-bond donors (Lipinski definition) is 1. The van der Waals surface area contributed by atoms with Gasteiger partial charge in [0.1, 0.15) is 0 Å². The number of hydrogen-bond acceptors (Lipinski definition) is 2. The van der Waals surface area contributed by atoms with E-state index in [1.165, 1.54) is 37.9 Å². The van der Waals surface area contributed by atoms with Crippen molar-refractivity contribution in [1.29, 1.82) is 0 Å². The Labute approximate surface area is 97.9 Å². The molecule has 2 rings (SSSR count). The maximum absolute atomic E-state index is 9.07. The predicted octanol–water partition coefficient (Wildman–Crippen LogP) is 2.21. The third-order valence-electron chi connectivity index (χ3n) is 3.34. The van der Waals surface area contributed by atoms with E-state index < -0.39 is 0 Å². The average molecular weight is 219 g/mol. The monoisotopic (exact) mass is 219 g/mol. The van der Waals surface area contributed by atoms with Crippen molar-refractivity contribution in [1.82, 2.24) is 4.90 Å². The van der Waals surface area contributed by atoms with Crippen molar-refractivity contribution < 1.29 is 5.11 Å². The molecule has 0 radical (unpaired) electrons. The summed E-state index contributed by atoms with van der Waals surface area (Å²) in [7, 11) is 0. The molecule has 16 heavy (non-hydrogen) atoms. The fourth-order valence-electron chi connectivity index (χ4n) is 2.35. The molecule has 1 aromatic rings. The molecule has 0 unspecified atom stereocenters. The van der Waals surface area contributed by atoms with Crippen molar-refractivity contribution in [2.24, 2.45) is 0 Å². The minimum absolute atomic E-state index is 0.150. The summed E-state index contributed by atoms with van der Waals surface area (Å²) in [6.07, 6.45) is 5.22. The largest absolute Gasteiger partial charge is 0.392 e. The van der Waals surface area contributed by atoms with Crippen LogP contribution in [0.25, 0.3) is 0 Å². The van der Waals surface area contributed by atoms with Crippen LogP contribution in [0.3, 0.4) is 0 Å². The number of benzene rings is 1. The molecule has 0 bridgehead atoms. The topological polar surface area (TPSA) is 23.5 Å². The SMILES string of the molecule is OCc1cccc(CCN2CCCCC2)c1. The van der Waals surface area contributed by atoms with Crippen molar-refractivity contribution in [3.05, 3.63) is 35.4 Å². The van der Waals surface area contributed by atoms with Crippen LogP contribution in [0.1, 0.15) is 30.4 Å². The molecular weight excluding hydrogens is 198 g/mol. The van der Waals surface area contributed by atoms with Gasteiger partial charge in [-0.2, -0.15) is 0 Å². The molecule has 0 saturated carbocycles. The number of nitrogens with zero attached hydrogens (tertiary/aromatic N) is 1. The Morgan fingerprint density at radius 3 is 2.56 bits per heavy atom. The second kappa shape index (κ2) is 6.02. The van der Waals surface area contributed by atoms with Crippen LogP contribution < -0.4 is 0 Å². The minimum Gasteiger partial charge on any atom is -0.392 e. The third-order valence-corrected chi connectivity index (χ3v) is 3.34. The van der Waals surface area contributed by atoms with E-state index in [-0.39, 0.29) is 6.61 Å². The molecule has 0 aliphatic carbocycles. The van der Waals surface area contributed by atoms with Crippen LogP contribution >= 0.6 is 0 Å². The zero-order valence-electron chi connectivity index (χ0n) is 9.86. The molecule has 0 spiro atoms. The van der Waals surface area contributed by atoms with Crippen LogP contribution in [0.4, 0.5) is 0 Å². The van der Waals surface area contributed by atoms with Crippen LogP contribution in [-0.2, 0) is 13.0 Å².